The van der Waals surface area contributed by atoms with Crippen molar-refractivity contribution < 1.29 is 0 Å². The van der Waals surface area contributed by atoms with Crippen molar-refractivity contribution >= 4 is 70.2 Å². The number of hydrogen-bond donors (Lipinski definition) is 0. The molecule has 0 aromatic carbocycles. The van der Waals surface area contributed by atoms with Gasteiger partial charge in [0.25, 0.3) is 0 Å². The third kappa shape index (κ3) is 5.41. The zero-order valence-corrected chi connectivity index (χ0v) is 13.6. The van der Waals surface area contributed by atoms with Gasteiger partial charge in [0.05, 0.1) is 0 Å². The summed E-state index contributed by atoms with van der Waals surface area (Å²) in [4.78, 5) is 0. The fraction of sp³-hybridized carbons (Fsp3) is 1.00. The van der Waals surface area contributed by atoms with Gasteiger partial charge in [0.2, 0.25) is 0 Å². The molecule has 0 N–H and O–H groups in total. The van der Waals surface area contributed by atoms with Crippen molar-refractivity contribution in [1.29, 1.82) is 0 Å². The Morgan fingerprint density at radius 2 is 1.67 bits per heavy atom. The molecule has 0 aromatic rings. The second kappa shape index (κ2) is 6.39. The van der Waals surface area contributed by atoms with Crippen LogP contribution in [-0.2, 0) is 0 Å². The Morgan fingerprint density at radius 3 is 1.67 bits per heavy atom. The van der Waals surface area contributed by atoms with Gasteiger partial charge in [-0.1, -0.05) is 0 Å². The molecule has 2 radical (unpaired) electrons. The summed E-state index contributed by atoms with van der Waals surface area (Å²) in [5.74, 6) is 0. The third-order valence-electron chi connectivity index (χ3n) is 0.334. The van der Waals surface area contributed by atoms with E-state index < -0.39 is 0 Å². The van der Waals surface area contributed by atoms with Crippen LogP contribution < -0.4 is 0 Å². The summed E-state index contributed by atoms with van der Waals surface area (Å²) >= 11 is 5.02. The molecule has 0 atom stereocenters. The molecular formula is C2H4Sb4. The Kier molecular flexibility index (Phi) is 9.88. The van der Waals surface area contributed by atoms with Gasteiger partial charge in [-0.25, -0.2) is 0 Å². The van der Waals surface area contributed by atoms with Gasteiger partial charge in [0, 0.05) is 0 Å². The van der Waals surface area contributed by atoms with Crippen LogP contribution in [0.25, 0.3) is 0 Å². The quantitative estimate of drug-likeness (QED) is 0.429. The Bertz CT molecular complexity index is 50.6. The summed E-state index contributed by atoms with van der Waals surface area (Å²) in [6.45, 7) is 2.44. The SMILES string of the molecule is C[CH]([Sb]=[Sb])[Sb]=[Sb]. The zero-order chi connectivity index (χ0) is 4.99. The van der Waals surface area contributed by atoms with Crippen LogP contribution in [0.2, 0.25) is 1.81 Å². The Hall–Kier alpha value is 3.27. The molecule has 0 aliphatic heterocycles. The van der Waals surface area contributed by atoms with E-state index in [0.717, 1.165) is 0 Å². The molecule has 6 heavy (non-hydrogen) atoms. The van der Waals surface area contributed by atoms with Crippen LogP contribution in [0.3, 0.4) is 0 Å². The average Bonchev–Trinajstić information content (AvgIpc) is 1.65. The molecule has 0 aliphatic carbocycles. The second-order valence-corrected chi connectivity index (χ2v) is 19.1. The van der Waals surface area contributed by atoms with Crippen LogP contribution in [0, 0.1) is 0 Å². The monoisotopic (exact) mass is 512 g/mol. The Labute approximate surface area is 76.7 Å². The van der Waals surface area contributed by atoms with Crippen molar-refractivity contribution in [3.8, 4) is 0 Å². The number of rotatable bonds is 2. The molecule has 0 heterocycles. The van der Waals surface area contributed by atoms with Gasteiger partial charge >= 0.3 is 78.9 Å². The van der Waals surface area contributed by atoms with E-state index in [1.165, 1.54) is 1.81 Å². The topological polar surface area (TPSA) is 0 Å². The first-order chi connectivity index (χ1) is 2.81. The summed E-state index contributed by atoms with van der Waals surface area (Å²) in [5.41, 5.74) is 0. The van der Waals surface area contributed by atoms with Gasteiger partial charge in [-0.15, -0.1) is 0 Å². The third-order valence-corrected chi connectivity index (χ3v) is 41.6. The summed E-state index contributed by atoms with van der Waals surface area (Å²) in [6.07, 6.45) is 0. The van der Waals surface area contributed by atoms with Gasteiger partial charge in [0.15, 0.2) is 0 Å². The summed E-state index contributed by atoms with van der Waals surface area (Å²) in [7, 11) is 0. The van der Waals surface area contributed by atoms with E-state index in [4.69, 9.17) is 0 Å². The number of hydrogen-bond acceptors (Lipinski definition) is 0. The standard InChI is InChI=1S/C2H4.4Sb/c1-2;;;;/h1H,2H3;;;;. The molecule has 0 saturated carbocycles. The molecule has 32 valence electrons. The second-order valence-electron chi connectivity index (χ2n) is 0.863. The molecule has 0 fully saturated rings. The van der Waals surface area contributed by atoms with Crippen molar-refractivity contribution in [3.63, 3.8) is 0 Å². The van der Waals surface area contributed by atoms with Crippen LogP contribution in [0.4, 0.5) is 0 Å². The van der Waals surface area contributed by atoms with Crippen molar-refractivity contribution in [1.82, 2.24) is 0 Å². The maximum atomic E-state index is 2.44. The van der Waals surface area contributed by atoms with Gasteiger partial charge < -0.3 is 0 Å². The summed E-state index contributed by atoms with van der Waals surface area (Å²) < 4.78 is 1.28. The van der Waals surface area contributed by atoms with Gasteiger partial charge in [-0.2, -0.15) is 0 Å². The van der Waals surface area contributed by atoms with Crippen LogP contribution in [0.5, 0.6) is 0 Å². The molecule has 0 bridgehead atoms. The van der Waals surface area contributed by atoms with E-state index in [1.54, 1.807) is 0 Å². The molecule has 0 aliphatic rings. The molecule has 0 aromatic heterocycles. The van der Waals surface area contributed by atoms with Gasteiger partial charge in [-0.3, -0.25) is 0 Å². The van der Waals surface area contributed by atoms with E-state index >= 15 is 0 Å². The van der Waals surface area contributed by atoms with Crippen LogP contribution in [0.1, 0.15) is 6.92 Å². The first-order valence-corrected chi connectivity index (χ1v) is 22.0. The molecular weight excluding hydrogens is 511 g/mol. The molecule has 0 spiro atoms. The molecule has 0 unspecified atom stereocenters. The predicted molar refractivity (Wildman–Crippen MR) is 32.4 cm³/mol. The molecule has 0 amide bonds. The summed E-state index contributed by atoms with van der Waals surface area (Å²) in [6, 6.07) is 0. The van der Waals surface area contributed by atoms with E-state index in [-0.39, 0.29) is 0 Å². The predicted octanol–water partition coefficient (Wildman–Crippen LogP) is -0.672. The van der Waals surface area contributed by atoms with Crippen LogP contribution >= 0.6 is 0 Å². The Morgan fingerprint density at radius 1 is 1.33 bits per heavy atom. The fourth-order valence-corrected chi connectivity index (χ4v) is 46.8. The van der Waals surface area contributed by atoms with Crippen molar-refractivity contribution in [2.45, 2.75) is 8.73 Å². The maximum absolute atomic E-state index is 2.44. The minimum absolute atomic E-state index is 0.388. The van der Waals surface area contributed by atoms with Crippen molar-refractivity contribution in [2.75, 3.05) is 0 Å². The normalized spacial score (nSPS) is 8.33. The summed E-state index contributed by atoms with van der Waals surface area (Å²) in [5, 5.41) is 0. The minimum atomic E-state index is 0.388. The Balaban J connectivity index is 3.21. The van der Waals surface area contributed by atoms with Crippen molar-refractivity contribution in [3.05, 3.63) is 0 Å². The van der Waals surface area contributed by atoms with E-state index in [0.29, 0.717) is 33.7 Å². The zero-order valence-electron chi connectivity index (χ0n) is 3.37. The first kappa shape index (κ1) is 9.27. The molecule has 4 heteroatoms. The molecule has 0 nitrogen and oxygen atoms in total. The average molecular weight is 515 g/mol. The fourth-order valence-electron chi connectivity index (χ4n) is 0.0231. The molecule has 0 saturated heterocycles. The van der Waals surface area contributed by atoms with E-state index in [9.17, 15) is 0 Å². The van der Waals surface area contributed by atoms with E-state index in [1.807, 2.05) is 0 Å². The van der Waals surface area contributed by atoms with Gasteiger partial charge in [-0.05, 0) is 0 Å². The van der Waals surface area contributed by atoms with Gasteiger partial charge in [0.1, 0.15) is 0 Å². The van der Waals surface area contributed by atoms with Crippen LogP contribution in [0.15, 0.2) is 0 Å². The first-order valence-electron chi connectivity index (χ1n) is 1.49. The van der Waals surface area contributed by atoms with E-state index in [2.05, 4.69) is 43.4 Å². The van der Waals surface area contributed by atoms with Crippen LogP contribution in [-0.4, -0.2) is 70.2 Å². The molecule has 0 rings (SSSR count). The van der Waals surface area contributed by atoms with Crippen molar-refractivity contribution in [2.24, 2.45) is 0 Å².